The fourth-order valence-corrected chi connectivity index (χ4v) is 3.44. The maximum atomic E-state index is 11.7. The highest BCUT2D eigenvalue weighted by atomic mass is 35.5. The molecule has 0 heterocycles. The van der Waals surface area contributed by atoms with Crippen LogP contribution in [0.5, 0.6) is 5.75 Å². The van der Waals surface area contributed by atoms with Crippen molar-refractivity contribution < 1.29 is 18.3 Å². The molecule has 2 rings (SSSR count). The summed E-state index contributed by atoms with van der Waals surface area (Å²) in [5, 5.41) is 13.1. The van der Waals surface area contributed by atoms with Gasteiger partial charge in [0, 0.05) is 12.7 Å². The first-order valence-electron chi connectivity index (χ1n) is 6.18. The van der Waals surface area contributed by atoms with Gasteiger partial charge in [-0.05, 0) is 25.5 Å². The number of aromatic hydroxyl groups is 1. The number of ether oxygens (including phenoxy) is 1. The van der Waals surface area contributed by atoms with Crippen molar-refractivity contribution in [3.8, 4) is 5.75 Å². The molecule has 2 N–H and O–H groups in total. The molecule has 0 bridgehead atoms. The van der Waals surface area contributed by atoms with E-state index in [2.05, 4.69) is 5.32 Å². The Hall–Kier alpha value is -1.40. The number of sulfone groups is 1. The molecule has 110 valence electrons. The average Bonchev–Trinajstić information content (AvgIpc) is 2.32. The molecule has 0 unspecified atom stereocenters. The first kappa shape index (κ1) is 15.0. The molecule has 1 aromatic rings. The Balaban J connectivity index is 2.38. The van der Waals surface area contributed by atoms with Crippen LogP contribution in [0.2, 0.25) is 5.02 Å². The Bertz CT molecular complexity index is 667. The van der Waals surface area contributed by atoms with Crippen LogP contribution in [0.3, 0.4) is 0 Å². The van der Waals surface area contributed by atoms with Crippen molar-refractivity contribution >= 4 is 27.1 Å². The summed E-state index contributed by atoms with van der Waals surface area (Å²) in [7, 11) is -3.60. The zero-order valence-electron chi connectivity index (χ0n) is 11.2. The van der Waals surface area contributed by atoms with Crippen molar-refractivity contribution in [2.75, 3.05) is 18.2 Å². The number of hydrogen-bond acceptors (Lipinski definition) is 5. The van der Waals surface area contributed by atoms with Crippen molar-refractivity contribution in [3.63, 3.8) is 0 Å². The van der Waals surface area contributed by atoms with Gasteiger partial charge in [-0.3, -0.25) is 0 Å². The van der Waals surface area contributed by atoms with E-state index in [1.807, 2.05) is 6.92 Å². The molecule has 20 heavy (non-hydrogen) atoms. The van der Waals surface area contributed by atoms with Crippen LogP contribution in [-0.2, 0) is 14.6 Å². The van der Waals surface area contributed by atoms with E-state index in [0.29, 0.717) is 12.3 Å². The van der Waals surface area contributed by atoms with Gasteiger partial charge in [0.25, 0.3) is 0 Å². The van der Waals surface area contributed by atoms with E-state index in [4.69, 9.17) is 16.3 Å². The second-order valence-corrected chi connectivity index (χ2v) is 6.86. The molecule has 0 fully saturated rings. The van der Waals surface area contributed by atoms with Gasteiger partial charge in [-0.2, -0.15) is 0 Å². The van der Waals surface area contributed by atoms with E-state index < -0.39 is 9.84 Å². The molecule has 1 aliphatic rings. The highest BCUT2D eigenvalue weighted by Gasteiger charge is 2.24. The van der Waals surface area contributed by atoms with Gasteiger partial charge >= 0.3 is 0 Å². The minimum absolute atomic E-state index is 0.00294. The first-order chi connectivity index (χ1) is 9.34. The maximum absolute atomic E-state index is 11.7. The molecule has 0 atom stereocenters. The van der Waals surface area contributed by atoms with Crippen molar-refractivity contribution in [1.82, 2.24) is 0 Å². The number of phenols is 1. The minimum atomic E-state index is -3.60. The molecular weight excluding hydrogens is 302 g/mol. The van der Waals surface area contributed by atoms with Gasteiger partial charge in [0.1, 0.15) is 10.7 Å². The lowest BCUT2D eigenvalue weighted by molar-refractivity contribution is 0.199. The number of nitrogens with one attached hydrogen (secondary N) is 1. The first-order valence-corrected chi connectivity index (χ1v) is 8.45. The number of rotatable bonds is 5. The van der Waals surface area contributed by atoms with Crippen LogP contribution in [0.1, 0.15) is 19.8 Å². The monoisotopic (exact) mass is 317 g/mol. The number of allylic oxidation sites excluding steroid dienone is 2. The Kier molecular flexibility index (Phi) is 4.15. The minimum Gasteiger partial charge on any atom is -0.504 e. The number of anilines is 1. The summed E-state index contributed by atoms with van der Waals surface area (Å²) in [5.74, 6) is 0.470. The summed E-state index contributed by atoms with van der Waals surface area (Å²) in [6, 6.07) is 2.99. The van der Waals surface area contributed by atoms with Crippen molar-refractivity contribution in [2.45, 2.75) is 24.7 Å². The maximum Gasteiger partial charge on any atom is 0.180 e. The lowest BCUT2D eigenvalue weighted by Crippen LogP contribution is -2.15. The van der Waals surface area contributed by atoms with Crippen LogP contribution in [0, 0.1) is 0 Å². The molecule has 0 aromatic heterocycles. The standard InChI is InChI=1S/C13H16ClNO4S/c1-3-19-11-7-6-9(11)15-10-5-4-8(14)13(12(10)16)20(2,17)18/h4-5,15-16H,3,6-7H2,1-2H3. The Morgan fingerprint density at radius 3 is 2.60 bits per heavy atom. The molecule has 0 spiro atoms. The van der Waals surface area contributed by atoms with E-state index in [9.17, 15) is 13.5 Å². The van der Waals surface area contributed by atoms with E-state index in [-0.39, 0.29) is 15.7 Å². The van der Waals surface area contributed by atoms with Crippen molar-refractivity contribution in [1.29, 1.82) is 0 Å². The van der Waals surface area contributed by atoms with Crippen LogP contribution in [-0.4, -0.2) is 26.4 Å². The van der Waals surface area contributed by atoms with Crippen LogP contribution < -0.4 is 5.32 Å². The van der Waals surface area contributed by atoms with Crippen LogP contribution in [0.4, 0.5) is 5.69 Å². The Morgan fingerprint density at radius 2 is 2.10 bits per heavy atom. The topological polar surface area (TPSA) is 75.6 Å². The lowest BCUT2D eigenvalue weighted by atomic mass is 10.0. The molecule has 5 nitrogen and oxygen atoms in total. The second kappa shape index (κ2) is 5.54. The molecule has 0 saturated heterocycles. The fourth-order valence-electron chi connectivity index (χ4n) is 1.98. The Labute approximate surface area is 123 Å². The van der Waals surface area contributed by atoms with E-state index in [1.54, 1.807) is 6.07 Å². The molecule has 7 heteroatoms. The van der Waals surface area contributed by atoms with Gasteiger partial charge in [0.05, 0.1) is 23.0 Å². The third kappa shape index (κ3) is 2.86. The predicted octanol–water partition coefficient (Wildman–Crippen LogP) is 2.90. The molecular formula is C13H16ClNO4S. The van der Waals surface area contributed by atoms with Crippen LogP contribution in [0.15, 0.2) is 28.5 Å². The smallest absolute Gasteiger partial charge is 0.180 e. The highest BCUT2D eigenvalue weighted by molar-refractivity contribution is 7.91. The summed E-state index contributed by atoms with van der Waals surface area (Å²) >= 11 is 5.85. The second-order valence-electron chi connectivity index (χ2n) is 4.50. The van der Waals surface area contributed by atoms with Crippen LogP contribution in [0.25, 0.3) is 0 Å². The number of halogens is 1. The Morgan fingerprint density at radius 1 is 1.40 bits per heavy atom. The van der Waals surface area contributed by atoms with Gasteiger partial charge in [0.15, 0.2) is 15.6 Å². The van der Waals surface area contributed by atoms with Gasteiger partial charge < -0.3 is 15.2 Å². The van der Waals surface area contributed by atoms with Gasteiger partial charge in [-0.15, -0.1) is 0 Å². The molecule has 0 saturated carbocycles. The van der Waals surface area contributed by atoms with E-state index in [1.165, 1.54) is 6.07 Å². The SMILES string of the molecule is CCOC1=C(Nc2ccc(Cl)c(S(C)(=O)=O)c2O)CC1. The number of benzene rings is 1. The quantitative estimate of drug-likeness (QED) is 0.817. The summed E-state index contributed by atoms with van der Waals surface area (Å²) < 4.78 is 28.7. The largest absolute Gasteiger partial charge is 0.504 e. The summed E-state index contributed by atoms with van der Waals surface area (Å²) in [6.45, 7) is 2.46. The highest BCUT2D eigenvalue weighted by Crippen LogP contribution is 2.39. The third-order valence-corrected chi connectivity index (χ3v) is 4.58. The average molecular weight is 318 g/mol. The van der Waals surface area contributed by atoms with Crippen molar-refractivity contribution in [2.24, 2.45) is 0 Å². The summed E-state index contributed by atoms with van der Waals surface area (Å²) in [5.41, 5.74) is 1.16. The zero-order valence-corrected chi connectivity index (χ0v) is 12.8. The normalized spacial score (nSPS) is 14.9. The molecule has 1 aromatic carbocycles. The van der Waals surface area contributed by atoms with Gasteiger partial charge in [-0.1, -0.05) is 11.6 Å². The molecule has 1 aliphatic carbocycles. The van der Waals surface area contributed by atoms with E-state index in [0.717, 1.165) is 30.6 Å². The third-order valence-electron chi connectivity index (χ3n) is 3.00. The molecule has 0 amide bonds. The zero-order chi connectivity index (χ0) is 14.9. The van der Waals surface area contributed by atoms with Gasteiger partial charge in [0.2, 0.25) is 0 Å². The number of hydrogen-bond donors (Lipinski definition) is 2. The molecule has 0 radical (unpaired) electrons. The summed E-state index contributed by atoms with van der Waals surface area (Å²) in [4.78, 5) is -0.262. The number of phenolic OH excluding ortho intramolecular Hbond substituents is 1. The van der Waals surface area contributed by atoms with Gasteiger partial charge in [-0.25, -0.2) is 8.42 Å². The lowest BCUT2D eigenvalue weighted by Gasteiger charge is -2.25. The predicted molar refractivity (Wildman–Crippen MR) is 77.7 cm³/mol. The fraction of sp³-hybridized carbons (Fsp3) is 0.385. The van der Waals surface area contributed by atoms with Crippen molar-refractivity contribution in [3.05, 3.63) is 28.6 Å². The summed E-state index contributed by atoms with van der Waals surface area (Å²) in [6.07, 6.45) is 2.64. The van der Waals surface area contributed by atoms with E-state index >= 15 is 0 Å². The molecule has 0 aliphatic heterocycles. The van der Waals surface area contributed by atoms with Crippen LogP contribution >= 0.6 is 11.6 Å².